The number of hydrogen-bond donors (Lipinski definition) is 1. The number of benzene rings is 1. The van der Waals surface area contributed by atoms with Crippen molar-refractivity contribution in [3.8, 4) is 0 Å². The Balaban J connectivity index is 2.04. The minimum atomic E-state index is 0.589. The van der Waals surface area contributed by atoms with Gasteiger partial charge in [-0.05, 0) is 30.5 Å². The van der Waals surface area contributed by atoms with E-state index in [9.17, 15) is 0 Å². The van der Waals surface area contributed by atoms with Gasteiger partial charge in [-0.1, -0.05) is 25.3 Å². The molecule has 18 heavy (non-hydrogen) atoms. The number of fused-ring (bicyclic) bond motifs is 1. The molecule has 96 valence electrons. The largest absolute Gasteiger partial charge is 0.331 e. The quantitative estimate of drug-likeness (QED) is 0.881. The van der Waals surface area contributed by atoms with Crippen molar-refractivity contribution in [1.82, 2.24) is 9.55 Å². The maximum Gasteiger partial charge on any atom is 0.112 e. The first-order valence-corrected chi connectivity index (χ1v) is 6.95. The van der Waals surface area contributed by atoms with Gasteiger partial charge in [-0.2, -0.15) is 0 Å². The molecule has 3 rings (SSSR count). The average Bonchev–Trinajstić information content (AvgIpc) is 2.76. The van der Waals surface area contributed by atoms with Crippen molar-refractivity contribution in [2.24, 2.45) is 12.8 Å². The number of nitrogens with zero attached hydrogens (tertiary/aromatic N) is 2. The average molecular weight is 243 g/mol. The van der Waals surface area contributed by atoms with Crippen molar-refractivity contribution >= 4 is 11.0 Å². The van der Waals surface area contributed by atoms with E-state index in [1.165, 1.54) is 43.4 Å². The minimum absolute atomic E-state index is 0.589. The van der Waals surface area contributed by atoms with Crippen LogP contribution in [0.15, 0.2) is 18.2 Å². The first-order valence-electron chi connectivity index (χ1n) is 6.95. The molecule has 1 aliphatic carbocycles. The molecule has 0 unspecified atom stereocenters. The van der Waals surface area contributed by atoms with Crippen LogP contribution in [0.3, 0.4) is 0 Å². The second-order valence-corrected chi connectivity index (χ2v) is 5.39. The van der Waals surface area contributed by atoms with Crippen LogP contribution in [0.4, 0.5) is 0 Å². The topological polar surface area (TPSA) is 43.8 Å². The summed E-state index contributed by atoms with van der Waals surface area (Å²) < 4.78 is 2.27. The number of aryl methyl sites for hydroxylation is 1. The Morgan fingerprint density at radius 3 is 2.78 bits per heavy atom. The van der Waals surface area contributed by atoms with Gasteiger partial charge in [-0.25, -0.2) is 4.98 Å². The summed E-state index contributed by atoms with van der Waals surface area (Å²) in [4.78, 5) is 4.85. The van der Waals surface area contributed by atoms with Crippen LogP contribution in [0.1, 0.15) is 49.4 Å². The van der Waals surface area contributed by atoms with Gasteiger partial charge in [0.2, 0.25) is 0 Å². The van der Waals surface area contributed by atoms with E-state index in [1.807, 2.05) is 0 Å². The Morgan fingerprint density at radius 2 is 2.06 bits per heavy atom. The molecule has 1 fully saturated rings. The zero-order valence-corrected chi connectivity index (χ0v) is 11.0. The molecule has 2 N–H and O–H groups in total. The molecule has 0 atom stereocenters. The molecular formula is C15H21N3. The second kappa shape index (κ2) is 4.73. The van der Waals surface area contributed by atoms with Gasteiger partial charge in [-0.3, -0.25) is 0 Å². The molecule has 0 radical (unpaired) electrons. The molecule has 3 nitrogen and oxygen atoms in total. The number of rotatable bonds is 2. The highest BCUT2D eigenvalue weighted by molar-refractivity contribution is 5.77. The molecule has 0 amide bonds. The summed E-state index contributed by atoms with van der Waals surface area (Å²) in [6.07, 6.45) is 6.67. The molecule has 1 aliphatic rings. The summed E-state index contributed by atoms with van der Waals surface area (Å²) in [5, 5.41) is 0. The third-order valence-corrected chi connectivity index (χ3v) is 4.19. The lowest BCUT2D eigenvalue weighted by atomic mass is 9.89. The Labute approximate surface area is 108 Å². The Hall–Kier alpha value is -1.35. The highest BCUT2D eigenvalue weighted by Crippen LogP contribution is 2.33. The van der Waals surface area contributed by atoms with Crippen molar-refractivity contribution in [1.29, 1.82) is 0 Å². The lowest BCUT2D eigenvalue weighted by molar-refractivity contribution is 0.423. The Kier molecular flexibility index (Phi) is 3.08. The molecule has 1 saturated carbocycles. The fourth-order valence-electron chi connectivity index (χ4n) is 3.12. The van der Waals surface area contributed by atoms with Gasteiger partial charge in [-0.15, -0.1) is 0 Å². The van der Waals surface area contributed by atoms with Gasteiger partial charge in [0.1, 0.15) is 5.82 Å². The van der Waals surface area contributed by atoms with Gasteiger partial charge in [0.15, 0.2) is 0 Å². The van der Waals surface area contributed by atoms with Crippen LogP contribution < -0.4 is 5.73 Å². The Bertz CT molecular complexity index is 550. The predicted octanol–water partition coefficient (Wildman–Crippen LogP) is 3.08. The van der Waals surface area contributed by atoms with Gasteiger partial charge in [0.05, 0.1) is 11.0 Å². The molecule has 0 spiro atoms. The molecule has 0 aliphatic heterocycles. The number of nitrogens with two attached hydrogens (primary N) is 1. The van der Waals surface area contributed by atoms with Gasteiger partial charge >= 0.3 is 0 Å². The first kappa shape index (κ1) is 11.7. The van der Waals surface area contributed by atoms with Crippen LogP contribution in [-0.2, 0) is 13.6 Å². The molecule has 1 aromatic heterocycles. The van der Waals surface area contributed by atoms with E-state index < -0.39 is 0 Å². The van der Waals surface area contributed by atoms with E-state index in [0.29, 0.717) is 12.5 Å². The fraction of sp³-hybridized carbons (Fsp3) is 0.533. The zero-order valence-electron chi connectivity index (χ0n) is 11.0. The zero-order chi connectivity index (χ0) is 12.5. The third-order valence-electron chi connectivity index (χ3n) is 4.19. The summed E-state index contributed by atoms with van der Waals surface area (Å²) in [6, 6.07) is 6.38. The number of imidazole rings is 1. The van der Waals surface area contributed by atoms with Crippen LogP contribution in [-0.4, -0.2) is 9.55 Å². The molecule has 1 aromatic carbocycles. The molecule has 0 saturated heterocycles. The summed E-state index contributed by atoms with van der Waals surface area (Å²) in [6.45, 7) is 0.589. The summed E-state index contributed by atoms with van der Waals surface area (Å²) >= 11 is 0. The first-order chi connectivity index (χ1) is 8.79. The van der Waals surface area contributed by atoms with Crippen molar-refractivity contribution in [3.63, 3.8) is 0 Å². The van der Waals surface area contributed by atoms with E-state index in [-0.39, 0.29) is 0 Å². The van der Waals surface area contributed by atoms with E-state index in [0.717, 1.165) is 11.1 Å². The van der Waals surface area contributed by atoms with Crippen LogP contribution in [0.25, 0.3) is 11.0 Å². The van der Waals surface area contributed by atoms with E-state index in [2.05, 4.69) is 29.8 Å². The smallest absolute Gasteiger partial charge is 0.112 e. The molecule has 1 heterocycles. The summed E-state index contributed by atoms with van der Waals surface area (Å²) in [7, 11) is 2.14. The maximum absolute atomic E-state index is 5.69. The van der Waals surface area contributed by atoms with E-state index in [1.54, 1.807) is 0 Å². The molecular weight excluding hydrogens is 222 g/mol. The van der Waals surface area contributed by atoms with Crippen LogP contribution in [0, 0.1) is 0 Å². The monoisotopic (exact) mass is 243 g/mol. The fourth-order valence-corrected chi connectivity index (χ4v) is 3.12. The second-order valence-electron chi connectivity index (χ2n) is 5.39. The van der Waals surface area contributed by atoms with Gasteiger partial charge in [0, 0.05) is 19.5 Å². The minimum Gasteiger partial charge on any atom is -0.331 e. The van der Waals surface area contributed by atoms with Gasteiger partial charge in [0.25, 0.3) is 0 Å². The standard InChI is InChI=1S/C15H21N3/c1-18-14-8-7-11(10-16)9-13(14)17-15(18)12-5-3-2-4-6-12/h7-9,12H,2-6,10,16H2,1H3. The maximum atomic E-state index is 5.69. The lowest BCUT2D eigenvalue weighted by Gasteiger charge is -2.20. The van der Waals surface area contributed by atoms with Crippen molar-refractivity contribution < 1.29 is 0 Å². The van der Waals surface area contributed by atoms with Crippen molar-refractivity contribution in [3.05, 3.63) is 29.6 Å². The molecule has 2 aromatic rings. The van der Waals surface area contributed by atoms with Crippen LogP contribution >= 0.6 is 0 Å². The number of hydrogen-bond acceptors (Lipinski definition) is 2. The molecule has 3 heteroatoms. The lowest BCUT2D eigenvalue weighted by Crippen LogP contribution is -2.09. The highest BCUT2D eigenvalue weighted by atomic mass is 15.1. The Morgan fingerprint density at radius 1 is 1.28 bits per heavy atom. The van der Waals surface area contributed by atoms with E-state index in [4.69, 9.17) is 10.7 Å². The summed E-state index contributed by atoms with van der Waals surface area (Å²) in [5.74, 6) is 1.91. The summed E-state index contributed by atoms with van der Waals surface area (Å²) in [5.41, 5.74) is 9.18. The normalized spacial score (nSPS) is 17.4. The highest BCUT2D eigenvalue weighted by Gasteiger charge is 2.20. The predicted molar refractivity (Wildman–Crippen MR) is 74.4 cm³/mol. The number of aromatic nitrogens is 2. The van der Waals surface area contributed by atoms with Crippen molar-refractivity contribution in [2.45, 2.75) is 44.6 Å². The SMILES string of the molecule is Cn1c(C2CCCCC2)nc2cc(CN)ccc21. The van der Waals surface area contributed by atoms with Crippen LogP contribution in [0.2, 0.25) is 0 Å². The van der Waals surface area contributed by atoms with E-state index >= 15 is 0 Å². The molecule has 0 bridgehead atoms. The third kappa shape index (κ3) is 1.93. The van der Waals surface area contributed by atoms with Crippen molar-refractivity contribution in [2.75, 3.05) is 0 Å². The van der Waals surface area contributed by atoms with Gasteiger partial charge < -0.3 is 10.3 Å². The van der Waals surface area contributed by atoms with Crippen LogP contribution in [0.5, 0.6) is 0 Å².